The smallest absolute Gasteiger partial charge is 0.262 e. The molecular weight excluding hydrogens is 363 g/mol. The lowest BCUT2D eigenvalue weighted by atomic mass is 10.1. The first-order valence-electron chi connectivity index (χ1n) is 7.73. The molecule has 1 aliphatic rings. The van der Waals surface area contributed by atoms with Crippen LogP contribution in [0.1, 0.15) is 12.5 Å². The van der Waals surface area contributed by atoms with Gasteiger partial charge in [0, 0.05) is 24.8 Å². The van der Waals surface area contributed by atoms with Crippen molar-refractivity contribution in [2.45, 2.75) is 13.3 Å². The van der Waals surface area contributed by atoms with E-state index in [4.69, 9.17) is 27.9 Å². The number of rotatable bonds is 4. The third kappa shape index (κ3) is 3.89. The van der Waals surface area contributed by atoms with E-state index < -0.39 is 0 Å². The second kappa shape index (κ2) is 7.33. The van der Waals surface area contributed by atoms with Crippen molar-refractivity contribution in [2.75, 3.05) is 23.4 Å². The lowest BCUT2D eigenvalue weighted by Crippen LogP contribution is -2.25. The van der Waals surface area contributed by atoms with E-state index in [9.17, 15) is 9.59 Å². The molecule has 0 atom stereocenters. The molecule has 2 aromatic carbocycles. The van der Waals surface area contributed by atoms with E-state index in [1.807, 2.05) is 12.1 Å². The molecule has 7 heteroatoms. The minimum atomic E-state index is -0.322. The van der Waals surface area contributed by atoms with Crippen molar-refractivity contribution >= 4 is 46.4 Å². The van der Waals surface area contributed by atoms with Crippen LogP contribution in [0, 0.1) is 0 Å². The first kappa shape index (κ1) is 17.6. The van der Waals surface area contributed by atoms with Crippen LogP contribution in [0.15, 0.2) is 36.4 Å². The number of carbonyl (C=O) groups excluding carboxylic acids is 2. The standard InChI is InChI=1S/C18H16Cl2N2O3/c1-11(23)22-8-7-12-9-13(5-6-16(12)22)21-17(24)10-25-18-14(19)3-2-4-15(18)20/h2-6,9H,7-8,10H2,1H3,(H,21,24). The van der Waals surface area contributed by atoms with Crippen LogP contribution in [0.5, 0.6) is 5.75 Å². The maximum absolute atomic E-state index is 12.1. The van der Waals surface area contributed by atoms with Gasteiger partial charge in [-0.3, -0.25) is 9.59 Å². The normalized spacial score (nSPS) is 12.7. The SMILES string of the molecule is CC(=O)N1CCc2cc(NC(=O)COc3c(Cl)cccc3Cl)ccc21. The zero-order valence-electron chi connectivity index (χ0n) is 13.5. The molecule has 0 fully saturated rings. The van der Waals surface area contributed by atoms with E-state index in [0.717, 1.165) is 17.7 Å². The van der Waals surface area contributed by atoms with Crippen molar-refractivity contribution < 1.29 is 14.3 Å². The number of hydrogen-bond donors (Lipinski definition) is 1. The lowest BCUT2D eigenvalue weighted by Gasteiger charge is -2.15. The number of benzene rings is 2. The Morgan fingerprint density at radius 1 is 1.20 bits per heavy atom. The van der Waals surface area contributed by atoms with Crippen LogP contribution in [0.2, 0.25) is 10.0 Å². The van der Waals surface area contributed by atoms with E-state index in [0.29, 0.717) is 22.3 Å². The Balaban J connectivity index is 1.63. The number of nitrogens with zero attached hydrogens (tertiary/aromatic N) is 1. The van der Waals surface area contributed by atoms with Crippen LogP contribution in [0.4, 0.5) is 11.4 Å². The van der Waals surface area contributed by atoms with E-state index in [2.05, 4.69) is 5.32 Å². The predicted octanol–water partition coefficient (Wildman–Crippen LogP) is 3.92. The Morgan fingerprint density at radius 2 is 1.92 bits per heavy atom. The molecule has 5 nitrogen and oxygen atoms in total. The fraction of sp³-hybridized carbons (Fsp3) is 0.222. The molecule has 0 bridgehead atoms. The third-order valence-electron chi connectivity index (χ3n) is 3.91. The molecule has 3 rings (SSSR count). The van der Waals surface area contributed by atoms with E-state index in [-0.39, 0.29) is 24.2 Å². The summed E-state index contributed by atoms with van der Waals surface area (Å²) < 4.78 is 5.41. The van der Waals surface area contributed by atoms with Gasteiger partial charge in [0.2, 0.25) is 5.91 Å². The highest BCUT2D eigenvalue weighted by atomic mass is 35.5. The van der Waals surface area contributed by atoms with Crippen molar-refractivity contribution in [3.63, 3.8) is 0 Å². The van der Waals surface area contributed by atoms with Gasteiger partial charge in [-0.1, -0.05) is 29.3 Å². The van der Waals surface area contributed by atoms with Crippen molar-refractivity contribution in [2.24, 2.45) is 0 Å². The molecule has 2 amide bonds. The van der Waals surface area contributed by atoms with E-state index >= 15 is 0 Å². The van der Waals surface area contributed by atoms with Crippen LogP contribution < -0.4 is 15.0 Å². The summed E-state index contributed by atoms with van der Waals surface area (Å²) in [6, 6.07) is 10.5. The maximum atomic E-state index is 12.1. The van der Waals surface area contributed by atoms with Crippen LogP contribution in [0.25, 0.3) is 0 Å². The number of hydrogen-bond acceptors (Lipinski definition) is 3. The van der Waals surface area contributed by atoms with Crippen molar-refractivity contribution in [1.82, 2.24) is 0 Å². The first-order valence-corrected chi connectivity index (χ1v) is 8.49. The third-order valence-corrected chi connectivity index (χ3v) is 4.50. The highest BCUT2D eigenvalue weighted by Gasteiger charge is 2.22. The van der Waals surface area contributed by atoms with Crippen molar-refractivity contribution in [3.05, 3.63) is 52.0 Å². The van der Waals surface area contributed by atoms with Gasteiger partial charge in [0.15, 0.2) is 12.4 Å². The number of halogens is 2. The zero-order chi connectivity index (χ0) is 18.0. The van der Waals surface area contributed by atoms with Gasteiger partial charge in [0.05, 0.1) is 10.0 Å². The van der Waals surface area contributed by atoms with E-state index in [1.54, 1.807) is 36.1 Å². The minimum absolute atomic E-state index is 0.0144. The molecular formula is C18H16Cl2N2O3. The number of ether oxygens (including phenoxy) is 1. The summed E-state index contributed by atoms with van der Waals surface area (Å²) in [4.78, 5) is 25.4. The lowest BCUT2D eigenvalue weighted by molar-refractivity contribution is -0.118. The molecule has 1 aliphatic heterocycles. The van der Waals surface area contributed by atoms with Gasteiger partial charge in [-0.05, 0) is 42.3 Å². The molecule has 0 saturated carbocycles. The average molecular weight is 379 g/mol. The number of carbonyl (C=O) groups is 2. The van der Waals surface area contributed by atoms with Crippen molar-refractivity contribution in [1.29, 1.82) is 0 Å². The summed E-state index contributed by atoms with van der Waals surface area (Å²) >= 11 is 12.0. The molecule has 130 valence electrons. The molecule has 1 heterocycles. The summed E-state index contributed by atoms with van der Waals surface area (Å²) in [6.07, 6.45) is 0.768. The van der Waals surface area contributed by atoms with Gasteiger partial charge in [0.1, 0.15) is 0 Å². The number of para-hydroxylation sites is 1. The Kier molecular flexibility index (Phi) is 5.16. The maximum Gasteiger partial charge on any atom is 0.262 e. The van der Waals surface area contributed by atoms with E-state index in [1.165, 1.54) is 0 Å². The Labute approximate surface area is 155 Å². The monoisotopic (exact) mass is 378 g/mol. The second-order valence-corrected chi connectivity index (χ2v) is 6.47. The van der Waals surface area contributed by atoms with Crippen LogP contribution >= 0.6 is 23.2 Å². The van der Waals surface area contributed by atoms with Crippen LogP contribution in [-0.4, -0.2) is 25.0 Å². The summed E-state index contributed by atoms with van der Waals surface area (Å²) in [5.74, 6) is -0.0232. The first-order chi connectivity index (χ1) is 12.0. The predicted molar refractivity (Wildman–Crippen MR) is 98.8 cm³/mol. The van der Waals surface area contributed by atoms with Crippen LogP contribution in [0.3, 0.4) is 0 Å². The largest absolute Gasteiger partial charge is 0.481 e. The second-order valence-electron chi connectivity index (χ2n) is 5.65. The number of nitrogens with one attached hydrogen (secondary N) is 1. The van der Waals surface area contributed by atoms with Gasteiger partial charge in [-0.15, -0.1) is 0 Å². The van der Waals surface area contributed by atoms with Gasteiger partial charge < -0.3 is 15.0 Å². The highest BCUT2D eigenvalue weighted by molar-refractivity contribution is 6.37. The molecule has 1 N–H and O–H groups in total. The number of anilines is 2. The highest BCUT2D eigenvalue weighted by Crippen LogP contribution is 2.32. The summed E-state index contributed by atoms with van der Waals surface area (Å²) in [5, 5.41) is 3.47. The summed E-state index contributed by atoms with van der Waals surface area (Å²) in [6.45, 7) is 2.00. The average Bonchev–Trinajstić information content (AvgIpc) is 2.97. The Morgan fingerprint density at radius 3 is 2.60 bits per heavy atom. The molecule has 0 aliphatic carbocycles. The fourth-order valence-corrected chi connectivity index (χ4v) is 3.27. The quantitative estimate of drug-likeness (QED) is 0.876. The topological polar surface area (TPSA) is 58.6 Å². The molecule has 0 unspecified atom stereocenters. The fourth-order valence-electron chi connectivity index (χ4n) is 2.76. The molecule has 0 spiro atoms. The molecule has 0 radical (unpaired) electrons. The Hall–Kier alpha value is -2.24. The Bertz CT molecular complexity index is 819. The number of amides is 2. The minimum Gasteiger partial charge on any atom is -0.481 e. The van der Waals surface area contributed by atoms with Gasteiger partial charge >= 0.3 is 0 Å². The zero-order valence-corrected chi connectivity index (χ0v) is 15.0. The molecule has 2 aromatic rings. The number of fused-ring (bicyclic) bond motifs is 1. The molecule has 0 aromatic heterocycles. The van der Waals surface area contributed by atoms with Gasteiger partial charge in [-0.25, -0.2) is 0 Å². The van der Waals surface area contributed by atoms with Crippen molar-refractivity contribution in [3.8, 4) is 5.75 Å². The van der Waals surface area contributed by atoms with Gasteiger partial charge in [0.25, 0.3) is 5.91 Å². The molecule has 25 heavy (non-hydrogen) atoms. The van der Waals surface area contributed by atoms with Gasteiger partial charge in [-0.2, -0.15) is 0 Å². The molecule has 0 saturated heterocycles. The summed E-state index contributed by atoms with van der Waals surface area (Å²) in [5.41, 5.74) is 2.58. The summed E-state index contributed by atoms with van der Waals surface area (Å²) in [7, 11) is 0. The van der Waals surface area contributed by atoms with Crippen LogP contribution in [-0.2, 0) is 16.0 Å².